The van der Waals surface area contributed by atoms with E-state index in [1.807, 2.05) is 51.1 Å². The zero-order valence-electron chi connectivity index (χ0n) is 11.6. The largest absolute Gasteiger partial charge is 0.466 e. The molecule has 102 valence electrons. The predicted octanol–water partition coefficient (Wildman–Crippen LogP) is 4.12. The van der Waals surface area contributed by atoms with E-state index in [9.17, 15) is 0 Å². The van der Waals surface area contributed by atoms with Crippen LogP contribution in [0, 0.1) is 6.92 Å². The molecule has 2 heterocycles. The van der Waals surface area contributed by atoms with Crippen molar-refractivity contribution < 1.29 is 4.74 Å². The number of benzene rings is 1. The molecule has 2 aromatic rings. The van der Waals surface area contributed by atoms with Crippen molar-refractivity contribution in [2.75, 3.05) is 0 Å². The molecule has 0 aliphatic carbocycles. The average Bonchev–Trinajstić information content (AvgIpc) is 2.38. The minimum absolute atomic E-state index is 0.583. The highest BCUT2D eigenvalue weighted by atomic mass is 79.9. The molecule has 20 heavy (non-hydrogen) atoms. The van der Waals surface area contributed by atoms with Gasteiger partial charge in [-0.2, -0.15) is 0 Å². The number of fused-ring (bicyclic) bond motifs is 1. The molecule has 0 unspecified atom stereocenters. The van der Waals surface area contributed by atoms with Crippen molar-refractivity contribution >= 4 is 21.6 Å². The second-order valence-electron chi connectivity index (χ2n) is 5.32. The first-order valence-electron chi connectivity index (χ1n) is 6.47. The number of aliphatic imine (C=N–C) groups is 1. The fourth-order valence-corrected chi connectivity index (χ4v) is 2.67. The summed E-state index contributed by atoms with van der Waals surface area (Å²) in [6, 6.07) is 9.95. The minimum Gasteiger partial charge on any atom is -0.466 e. The average molecular weight is 331 g/mol. The Balaban J connectivity index is 2.25. The zero-order valence-corrected chi connectivity index (χ0v) is 13.2. The van der Waals surface area contributed by atoms with Crippen LogP contribution in [-0.2, 0) is 0 Å². The lowest BCUT2D eigenvalue weighted by Crippen LogP contribution is -2.33. The third-order valence-electron chi connectivity index (χ3n) is 3.17. The maximum Gasteiger partial charge on any atom is 0.195 e. The highest BCUT2D eigenvalue weighted by Crippen LogP contribution is 2.34. The van der Waals surface area contributed by atoms with Gasteiger partial charge in [-0.25, -0.2) is 4.99 Å². The molecule has 1 aliphatic rings. The molecule has 4 heteroatoms. The molecule has 0 amide bonds. The van der Waals surface area contributed by atoms with E-state index in [1.165, 1.54) is 0 Å². The molecule has 3 rings (SSSR count). The molecule has 0 atom stereocenters. The first-order chi connectivity index (χ1) is 9.46. The second kappa shape index (κ2) is 4.70. The Morgan fingerprint density at radius 3 is 2.75 bits per heavy atom. The smallest absolute Gasteiger partial charge is 0.195 e. The summed E-state index contributed by atoms with van der Waals surface area (Å²) in [5.74, 6) is 0.841. The Morgan fingerprint density at radius 2 is 2.00 bits per heavy atom. The first kappa shape index (κ1) is 13.3. The Kier molecular flexibility index (Phi) is 3.13. The summed E-state index contributed by atoms with van der Waals surface area (Å²) in [4.78, 5) is 9.23. The van der Waals surface area contributed by atoms with Crippen molar-refractivity contribution in [2.24, 2.45) is 4.99 Å². The van der Waals surface area contributed by atoms with E-state index in [4.69, 9.17) is 9.73 Å². The van der Waals surface area contributed by atoms with Gasteiger partial charge in [0.05, 0.1) is 11.4 Å². The van der Waals surface area contributed by atoms with Crippen molar-refractivity contribution in [1.29, 1.82) is 0 Å². The molecular formula is C16H15BrN2O. The van der Waals surface area contributed by atoms with Gasteiger partial charge < -0.3 is 4.74 Å². The Hall–Kier alpha value is -1.68. The van der Waals surface area contributed by atoms with Crippen molar-refractivity contribution in [1.82, 2.24) is 4.98 Å². The summed E-state index contributed by atoms with van der Waals surface area (Å²) in [5.41, 5.74) is 3.29. The van der Waals surface area contributed by atoms with Gasteiger partial charge in [-0.1, -0.05) is 22.0 Å². The van der Waals surface area contributed by atoms with Crippen LogP contribution in [0.3, 0.4) is 0 Å². The molecule has 1 aromatic heterocycles. The van der Waals surface area contributed by atoms with Gasteiger partial charge in [0.15, 0.2) is 5.72 Å². The highest BCUT2D eigenvalue weighted by molar-refractivity contribution is 9.10. The summed E-state index contributed by atoms with van der Waals surface area (Å²) < 4.78 is 6.93. The number of halogens is 1. The Bertz CT molecular complexity index is 707. The molecule has 0 N–H and O–H groups in total. The summed E-state index contributed by atoms with van der Waals surface area (Å²) in [6.45, 7) is 5.96. The van der Waals surface area contributed by atoms with E-state index in [2.05, 4.69) is 20.9 Å². The lowest BCUT2D eigenvalue weighted by molar-refractivity contribution is 0.115. The van der Waals surface area contributed by atoms with Crippen LogP contribution >= 0.6 is 15.9 Å². The first-order valence-corrected chi connectivity index (χ1v) is 7.26. The van der Waals surface area contributed by atoms with Crippen LogP contribution in [0.1, 0.15) is 30.7 Å². The van der Waals surface area contributed by atoms with E-state index in [0.717, 1.165) is 32.8 Å². The van der Waals surface area contributed by atoms with Crippen LogP contribution in [0.4, 0.5) is 0 Å². The quantitative estimate of drug-likeness (QED) is 0.788. The van der Waals surface area contributed by atoms with Gasteiger partial charge in [-0.05, 0) is 50.6 Å². The molecule has 0 fully saturated rings. The molecule has 1 aliphatic heterocycles. The number of ether oxygens (including phenoxy) is 1. The monoisotopic (exact) mass is 330 g/mol. The van der Waals surface area contributed by atoms with Crippen LogP contribution in [0.5, 0.6) is 5.75 Å². The van der Waals surface area contributed by atoms with Crippen LogP contribution in [0.15, 0.2) is 46.0 Å². The van der Waals surface area contributed by atoms with Gasteiger partial charge in [0.1, 0.15) is 5.75 Å². The molecular weight excluding hydrogens is 316 g/mol. The van der Waals surface area contributed by atoms with Crippen molar-refractivity contribution in [3.8, 4) is 5.75 Å². The fourth-order valence-electron chi connectivity index (χ4n) is 2.31. The van der Waals surface area contributed by atoms with E-state index in [0.29, 0.717) is 0 Å². The summed E-state index contributed by atoms with van der Waals surface area (Å²) in [6.07, 6.45) is 1.80. The maximum absolute atomic E-state index is 5.93. The van der Waals surface area contributed by atoms with Crippen LogP contribution < -0.4 is 4.74 Å². The summed E-state index contributed by atoms with van der Waals surface area (Å²) in [5, 5.41) is 0. The minimum atomic E-state index is -0.583. The van der Waals surface area contributed by atoms with Crippen LogP contribution in [0.2, 0.25) is 0 Å². The van der Waals surface area contributed by atoms with Crippen molar-refractivity contribution in [3.05, 3.63) is 57.8 Å². The molecule has 0 saturated carbocycles. The topological polar surface area (TPSA) is 34.5 Å². The summed E-state index contributed by atoms with van der Waals surface area (Å²) in [7, 11) is 0. The number of aryl methyl sites for hydroxylation is 1. The molecule has 1 aromatic carbocycles. The van der Waals surface area contributed by atoms with Gasteiger partial charge in [0.2, 0.25) is 0 Å². The van der Waals surface area contributed by atoms with E-state index >= 15 is 0 Å². The molecule has 0 saturated heterocycles. The van der Waals surface area contributed by atoms with Gasteiger partial charge >= 0.3 is 0 Å². The zero-order chi connectivity index (χ0) is 14.3. The SMILES string of the molecule is Cc1cccnc1C1=NC(C)(C)Oc2ccc(Br)cc21. The second-order valence-corrected chi connectivity index (χ2v) is 6.23. The van der Waals surface area contributed by atoms with Gasteiger partial charge in [0, 0.05) is 16.2 Å². The number of rotatable bonds is 1. The van der Waals surface area contributed by atoms with Crippen molar-refractivity contribution in [2.45, 2.75) is 26.5 Å². The molecule has 0 bridgehead atoms. The molecule has 0 spiro atoms. The highest BCUT2D eigenvalue weighted by Gasteiger charge is 2.29. The number of nitrogens with zero attached hydrogens (tertiary/aromatic N) is 2. The lowest BCUT2D eigenvalue weighted by Gasteiger charge is -2.30. The van der Waals surface area contributed by atoms with Gasteiger partial charge in [0.25, 0.3) is 0 Å². The normalized spacial score (nSPS) is 16.1. The van der Waals surface area contributed by atoms with Crippen LogP contribution in [0.25, 0.3) is 0 Å². The molecule has 0 radical (unpaired) electrons. The van der Waals surface area contributed by atoms with Crippen molar-refractivity contribution in [3.63, 3.8) is 0 Å². The predicted molar refractivity (Wildman–Crippen MR) is 83.5 cm³/mol. The summed E-state index contributed by atoms with van der Waals surface area (Å²) >= 11 is 3.51. The van der Waals surface area contributed by atoms with E-state index in [1.54, 1.807) is 6.20 Å². The Labute approximate surface area is 126 Å². The fraction of sp³-hybridized carbons (Fsp3) is 0.250. The molecule has 3 nitrogen and oxygen atoms in total. The van der Waals surface area contributed by atoms with Gasteiger partial charge in [-0.15, -0.1) is 0 Å². The Morgan fingerprint density at radius 1 is 1.20 bits per heavy atom. The number of hydrogen-bond donors (Lipinski definition) is 0. The van der Waals surface area contributed by atoms with Crippen LogP contribution in [-0.4, -0.2) is 16.4 Å². The third kappa shape index (κ3) is 2.36. The number of hydrogen-bond acceptors (Lipinski definition) is 3. The third-order valence-corrected chi connectivity index (χ3v) is 3.66. The standard InChI is InChI=1S/C16H15BrN2O/c1-10-5-4-8-18-14(10)15-12-9-11(17)6-7-13(12)20-16(2,3)19-15/h4-9H,1-3H3. The number of aromatic nitrogens is 1. The lowest BCUT2D eigenvalue weighted by atomic mass is 10.00. The van der Waals surface area contributed by atoms with Gasteiger partial charge in [-0.3, -0.25) is 4.98 Å². The van der Waals surface area contributed by atoms with E-state index < -0.39 is 5.72 Å². The maximum atomic E-state index is 5.93. The number of pyridine rings is 1. The van der Waals surface area contributed by atoms with E-state index in [-0.39, 0.29) is 0 Å².